The molecule has 0 spiro atoms. The maximum atomic E-state index is 12.3. The first-order valence-electron chi connectivity index (χ1n) is 8.64. The Morgan fingerprint density at radius 3 is 2.52 bits per heavy atom. The van der Waals surface area contributed by atoms with Gasteiger partial charge in [-0.1, -0.05) is 0 Å². The van der Waals surface area contributed by atoms with Gasteiger partial charge in [-0.25, -0.2) is 4.79 Å². The molecule has 1 aliphatic carbocycles. The number of benzene rings is 1. The molecule has 3 rings (SSSR count). The predicted molar refractivity (Wildman–Crippen MR) is 89.5 cm³/mol. The number of ether oxygens (including phenoxy) is 2. The second-order valence-electron chi connectivity index (χ2n) is 7.72. The second-order valence-corrected chi connectivity index (χ2v) is 7.72. The molecule has 1 saturated heterocycles. The van der Waals surface area contributed by atoms with Gasteiger partial charge in [0.15, 0.2) is 0 Å². The molecule has 2 fully saturated rings. The Hall–Kier alpha value is -1.55. The topological polar surface area (TPSA) is 35.5 Å². The molecule has 0 radical (unpaired) electrons. The van der Waals surface area contributed by atoms with E-state index in [1.54, 1.807) is 31.4 Å². The zero-order chi connectivity index (χ0) is 16.4. The standard InChI is InChI=1S/C19H28NO3/c1-20(2)11-10-14-4-9-18(12-16(14)13-20)23-19(21)15-5-7-17(22-3)8-6-15/h5-8,14,16,18H,4,9-13H2,1-3H3/q+1/t14-,16+,18-/m1/s1. The number of piperidine rings is 1. The van der Waals surface area contributed by atoms with Crippen molar-refractivity contribution in [1.29, 1.82) is 0 Å². The molecule has 23 heavy (non-hydrogen) atoms. The summed E-state index contributed by atoms with van der Waals surface area (Å²) < 4.78 is 12.0. The predicted octanol–water partition coefficient (Wildman–Crippen LogP) is 3.12. The Morgan fingerprint density at radius 2 is 1.83 bits per heavy atom. The van der Waals surface area contributed by atoms with Crippen LogP contribution in [0.25, 0.3) is 0 Å². The lowest BCUT2D eigenvalue weighted by Gasteiger charge is -2.45. The number of hydrogen-bond donors (Lipinski definition) is 0. The molecule has 0 bridgehead atoms. The lowest BCUT2D eigenvalue weighted by Crippen LogP contribution is -2.52. The average molecular weight is 318 g/mol. The van der Waals surface area contributed by atoms with Gasteiger partial charge in [-0.15, -0.1) is 0 Å². The molecule has 0 aromatic heterocycles. The van der Waals surface area contributed by atoms with Crippen molar-refractivity contribution in [3.8, 4) is 5.75 Å². The summed E-state index contributed by atoms with van der Waals surface area (Å²) in [6, 6.07) is 7.14. The van der Waals surface area contributed by atoms with Crippen molar-refractivity contribution >= 4 is 5.97 Å². The molecule has 1 aromatic carbocycles. The number of carbonyl (C=O) groups excluding carboxylic acids is 1. The van der Waals surface area contributed by atoms with Gasteiger partial charge >= 0.3 is 5.97 Å². The van der Waals surface area contributed by atoms with Crippen LogP contribution in [0.15, 0.2) is 24.3 Å². The third-order valence-corrected chi connectivity index (χ3v) is 5.53. The van der Waals surface area contributed by atoms with Crippen LogP contribution in [-0.4, -0.2) is 50.9 Å². The van der Waals surface area contributed by atoms with E-state index < -0.39 is 0 Å². The van der Waals surface area contributed by atoms with Gasteiger partial charge in [0, 0.05) is 5.92 Å². The van der Waals surface area contributed by atoms with E-state index in [1.807, 2.05) is 0 Å². The van der Waals surface area contributed by atoms with Gasteiger partial charge in [0.1, 0.15) is 11.9 Å². The molecule has 3 atom stereocenters. The highest BCUT2D eigenvalue weighted by Gasteiger charge is 2.40. The van der Waals surface area contributed by atoms with Gasteiger partial charge in [-0.05, 0) is 55.9 Å². The van der Waals surface area contributed by atoms with Gasteiger partial charge in [0.25, 0.3) is 0 Å². The molecular formula is C19H28NO3+. The molecule has 0 amide bonds. The van der Waals surface area contributed by atoms with Crippen molar-refractivity contribution < 1.29 is 18.8 Å². The first kappa shape index (κ1) is 16.3. The van der Waals surface area contributed by atoms with Crippen molar-refractivity contribution in [3.05, 3.63) is 29.8 Å². The van der Waals surface area contributed by atoms with Crippen molar-refractivity contribution in [2.24, 2.45) is 11.8 Å². The highest BCUT2D eigenvalue weighted by atomic mass is 16.5. The second kappa shape index (κ2) is 6.52. The molecule has 4 nitrogen and oxygen atoms in total. The number of fused-ring (bicyclic) bond motifs is 1. The van der Waals surface area contributed by atoms with Crippen molar-refractivity contribution in [1.82, 2.24) is 0 Å². The van der Waals surface area contributed by atoms with Crippen molar-refractivity contribution in [2.75, 3.05) is 34.3 Å². The van der Waals surface area contributed by atoms with Crippen LogP contribution in [0.1, 0.15) is 36.0 Å². The minimum Gasteiger partial charge on any atom is -0.497 e. The monoisotopic (exact) mass is 318 g/mol. The van der Waals surface area contributed by atoms with E-state index >= 15 is 0 Å². The largest absolute Gasteiger partial charge is 0.497 e. The van der Waals surface area contributed by atoms with E-state index in [4.69, 9.17) is 9.47 Å². The van der Waals surface area contributed by atoms with Gasteiger partial charge in [0.05, 0.1) is 39.9 Å². The normalized spacial score (nSPS) is 29.4. The Bertz CT molecular complexity index is 552. The Balaban J connectivity index is 1.58. The third-order valence-electron chi connectivity index (χ3n) is 5.53. The summed E-state index contributed by atoms with van der Waals surface area (Å²) in [6.45, 7) is 2.48. The number of nitrogens with zero attached hydrogens (tertiary/aromatic N) is 1. The van der Waals surface area contributed by atoms with Gasteiger partial charge in [0.2, 0.25) is 0 Å². The van der Waals surface area contributed by atoms with Crippen molar-refractivity contribution in [3.63, 3.8) is 0 Å². The molecular weight excluding hydrogens is 290 g/mol. The zero-order valence-electron chi connectivity index (χ0n) is 14.5. The van der Waals surface area contributed by atoms with Crippen LogP contribution in [0.5, 0.6) is 5.75 Å². The average Bonchev–Trinajstić information content (AvgIpc) is 2.53. The number of likely N-dealkylation sites (tertiary alicyclic amines) is 1. The fourth-order valence-electron chi connectivity index (χ4n) is 4.18. The minimum absolute atomic E-state index is 0.0731. The van der Waals surface area contributed by atoms with E-state index in [0.717, 1.165) is 29.0 Å². The molecule has 126 valence electrons. The number of methoxy groups -OCH3 is 1. The van der Waals surface area contributed by atoms with E-state index in [1.165, 1.54) is 25.9 Å². The summed E-state index contributed by atoms with van der Waals surface area (Å²) in [6.07, 6.45) is 4.62. The first-order valence-corrected chi connectivity index (χ1v) is 8.64. The smallest absolute Gasteiger partial charge is 0.338 e. The van der Waals surface area contributed by atoms with Crippen LogP contribution in [0.3, 0.4) is 0 Å². The molecule has 0 N–H and O–H groups in total. The Morgan fingerprint density at radius 1 is 1.09 bits per heavy atom. The van der Waals surface area contributed by atoms with Crippen LogP contribution in [0, 0.1) is 11.8 Å². The zero-order valence-corrected chi connectivity index (χ0v) is 14.5. The highest BCUT2D eigenvalue weighted by molar-refractivity contribution is 5.89. The maximum absolute atomic E-state index is 12.3. The van der Waals surface area contributed by atoms with Gasteiger partial charge < -0.3 is 14.0 Å². The first-order chi connectivity index (χ1) is 11.0. The van der Waals surface area contributed by atoms with Gasteiger partial charge in [-0.2, -0.15) is 0 Å². The van der Waals surface area contributed by atoms with Crippen LogP contribution >= 0.6 is 0 Å². The summed E-state index contributed by atoms with van der Waals surface area (Å²) in [5.41, 5.74) is 0.604. The number of esters is 1. The SMILES string of the molecule is COc1ccc(C(=O)O[C@@H]2CC[C@@H]3CC[N+](C)(C)C[C@@H]3C2)cc1. The number of rotatable bonds is 3. The molecule has 0 unspecified atom stereocenters. The molecule has 4 heteroatoms. The highest BCUT2D eigenvalue weighted by Crippen LogP contribution is 2.38. The van der Waals surface area contributed by atoms with Crippen molar-refractivity contribution in [2.45, 2.75) is 31.8 Å². The van der Waals surface area contributed by atoms with Crippen LogP contribution < -0.4 is 4.74 Å². The summed E-state index contributed by atoms with van der Waals surface area (Å²) in [7, 11) is 6.24. The third kappa shape index (κ3) is 3.86. The minimum atomic E-state index is -0.208. The van der Waals surface area contributed by atoms with E-state index in [-0.39, 0.29) is 12.1 Å². The molecule has 1 saturated carbocycles. The summed E-state index contributed by atoms with van der Waals surface area (Å²) in [4.78, 5) is 12.3. The Labute approximate surface area is 139 Å². The molecule has 1 heterocycles. The number of quaternary nitrogens is 1. The number of hydrogen-bond acceptors (Lipinski definition) is 3. The summed E-state index contributed by atoms with van der Waals surface area (Å²) in [5, 5.41) is 0. The maximum Gasteiger partial charge on any atom is 0.338 e. The Kier molecular flexibility index (Phi) is 4.62. The molecule has 1 aliphatic heterocycles. The fraction of sp³-hybridized carbons (Fsp3) is 0.632. The summed E-state index contributed by atoms with van der Waals surface area (Å²) >= 11 is 0. The van der Waals surface area contributed by atoms with E-state index in [2.05, 4.69) is 14.1 Å². The van der Waals surface area contributed by atoms with E-state index in [0.29, 0.717) is 11.5 Å². The lowest BCUT2D eigenvalue weighted by atomic mass is 9.73. The molecule has 1 aromatic rings. The van der Waals surface area contributed by atoms with Crippen LogP contribution in [-0.2, 0) is 4.74 Å². The lowest BCUT2D eigenvalue weighted by molar-refractivity contribution is -0.900. The van der Waals surface area contributed by atoms with Gasteiger partial charge in [-0.3, -0.25) is 0 Å². The quantitative estimate of drug-likeness (QED) is 0.634. The fourth-order valence-corrected chi connectivity index (χ4v) is 4.18. The van der Waals surface area contributed by atoms with E-state index in [9.17, 15) is 4.79 Å². The summed E-state index contributed by atoms with van der Waals surface area (Å²) in [5.74, 6) is 2.07. The number of carbonyl (C=O) groups is 1. The van der Waals surface area contributed by atoms with Crippen LogP contribution in [0.2, 0.25) is 0 Å². The molecule has 2 aliphatic rings. The van der Waals surface area contributed by atoms with Crippen LogP contribution in [0.4, 0.5) is 0 Å².